The summed E-state index contributed by atoms with van der Waals surface area (Å²) in [6, 6.07) is 11.4. The molecule has 150 valence electrons. The molecule has 1 saturated heterocycles. The van der Waals surface area contributed by atoms with Crippen molar-refractivity contribution >= 4 is 17.3 Å². The highest BCUT2D eigenvalue weighted by Crippen LogP contribution is 2.30. The number of hydrogen-bond acceptors (Lipinski definition) is 3. The molecule has 1 amide bonds. The van der Waals surface area contributed by atoms with Crippen molar-refractivity contribution in [2.75, 3.05) is 36.4 Å². The van der Waals surface area contributed by atoms with Crippen molar-refractivity contribution < 1.29 is 28.0 Å². The summed E-state index contributed by atoms with van der Waals surface area (Å²) >= 11 is 0. The Morgan fingerprint density at radius 3 is 2.46 bits per heavy atom. The maximum absolute atomic E-state index is 12.8. The van der Waals surface area contributed by atoms with Crippen LogP contribution in [0.1, 0.15) is 12.5 Å². The fourth-order valence-corrected chi connectivity index (χ4v) is 3.41. The van der Waals surface area contributed by atoms with Gasteiger partial charge in [-0.05, 0) is 37.3 Å². The molecule has 1 atom stereocenters. The minimum atomic E-state index is -4.45. The molecule has 0 bridgehead atoms. The zero-order chi connectivity index (χ0) is 20.3. The third-order valence-corrected chi connectivity index (χ3v) is 5.09. The van der Waals surface area contributed by atoms with Crippen LogP contribution in [-0.2, 0) is 11.0 Å². The molecule has 0 unspecified atom stereocenters. The van der Waals surface area contributed by atoms with Crippen molar-refractivity contribution in [3.8, 4) is 5.75 Å². The minimum absolute atomic E-state index is 0.138. The van der Waals surface area contributed by atoms with E-state index in [9.17, 15) is 23.1 Å². The number of amides is 1. The first-order chi connectivity index (χ1) is 13.3. The molecule has 0 spiro atoms. The summed E-state index contributed by atoms with van der Waals surface area (Å²) in [5.41, 5.74) is 0.114. The maximum Gasteiger partial charge on any atom is 0.416 e. The van der Waals surface area contributed by atoms with Gasteiger partial charge in [0.05, 0.1) is 37.4 Å². The Kier molecular flexibility index (Phi) is 5.79. The van der Waals surface area contributed by atoms with Crippen LogP contribution >= 0.6 is 0 Å². The molecule has 8 heteroatoms. The standard InChI is InChI=1S/C20H22F3N3O2/c1-14(19(28)24-16-6-4-5-15(13-16)20(21,22)23)25-9-11-26(12-10-25)17-7-2-3-8-18(17)27/h2-8,13-14,27H,9-12H2,1H3,(H,24,28)/p+1/t14-/m1/s1. The Morgan fingerprint density at radius 2 is 1.82 bits per heavy atom. The predicted octanol–water partition coefficient (Wildman–Crippen LogP) is 2.14. The summed E-state index contributed by atoms with van der Waals surface area (Å²) in [5, 5.41) is 12.6. The highest BCUT2D eigenvalue weighted by Gasteiger charge is 2.32. The Hall–Kier alpha value is -2.74. The largest absolute Gasteiger partial charge is 0.506 e. The van der Waals surface area contributed by atoms with Crippen LogP contribution in [-0.4, -0.2) is 43.2 Å². The Balaban J connectivity index is 1.59. The highest BCUT2D eigenvalue weighted by atomic mass is 19.4. The van der Waals surface area contributed by atoms with Crippen molar-refractivity contribution in [2.24, 2.45) is 0 Å². The fourth-order valence-electron chi connectivity index (χ4n) is 3.41. The molecule has 3 rings (SSSR count). The van der Waals surface area contributed by atoms with Gasteiger partial charge in [-0.2, -0.15) is 13.2 Å². The SMILES string of the molecule is C[C@H](C(=O)Nc1cccc(C(F)(F)F)c1)[NH+]1CCN(c2ccccc2O)CC1. The number of carbonyl (C=O) groups is 1. The molecule has 1 fully saturated rings. The van der Waals surface area contributed by atoms with Crippen molar-refractivity contribution in [1.29, 1.82) is 0 Å². The third kappa shape index (κ3) is 4.56. The van der Waals surface area contributed by atoms with Crippen LogP contribution in [0.3, 0.4) is 0 Å². The predicted molar refractivity (Wildman–Crippen MR) is 101 cm³/mol. The van der Waals surface area contributed by atoms with Gasteiger partial charge >= 0.3 is 6.18 Å². The number of rotatable bonds is 4. The monoisotopic (exact) mass is 394 g/mol. The van der Waals surface area contributed by atoms with E-state index in [1.807, 2.05) is 12.1 Å². The lowest BCUT2D eigenvalue weighted by molar-refractivity contribution is -0.914. The van der Waals surface area contributed by atoms with E-state index in [1.165, 1.54) is 12.1 Å². The molecular formula is C20H23F3N3O2+. The summed E-state index contributed by atoms with van der Waals surface area (Å²) in [6.45, 7) is 4.49. The van der Waals surface area contributed by atoms with Gasteiger partial charge in [0.1, 0.15) is 5.75 Å². The molecule has 2 aromatic rings. The van der Waals surface area contributed by atoms with Gasteiger partial charge in [-0.25, -0.2) is 0 Å². The van der Waals surface area contributed by atoms with Gasteiger partial charge in [0.2, 0.25) is 0 Å². The minimum Gasteiger partial charge on any atom is -0.506 e. The van der Waals surface area contributed by atoms with Gasteiger partial charge in [0.25, 0.3) is 5.91 Å². The number of anilines is 2. The second-order valence-electron chi connectivity index (χ2n) is 6.92. The number of alkyl halides is 3. The number of nitrogens with zero attached hydrogens (tertiary/aromatic N) is 1. The zero-order valence-electron chi connectivity index (χ0n) is 15.5. The highest BCUT2D eigenvalue weighted by molar-refractivity contribution is 5.93. The first-order valence-electron chi connectivity index (χ1n) is 9.11. The lowest BCUT2D eigenvalue weighted by atomic mass is 10.1. The van der Waals surface area contributed by atoms with Crippen molar-refractivity contribution in [3.05, 3.63) is 54.1 Å². The average Bonchev–Trinajstić information content (AvgIpc) is 2.67. The first-order valence-corrected chi connectivity index (χ1v) is 9.11. The summed E-state index contributed by atoms with van der Waals surface area (Å²) < 4.78 is 38.5. The summed E-state index contributed by atoms with van der Waals surface area (Å²) in [4.78, 5) is 15.6. The average molecular weight is 394 g/mol. The summed E-state index contributed by atoms with van der Waals surface area (Å²) in [5.74, 6) is -0.0911. The van der Waals surface area contributed by atoms with Crippen LogP contribution in [0.4, 0.5) is 24.5 Å². The molecular weight excluding hydrogens is 371 g/mol. The molecule has 3 N–H and O–H groups in total. The van der Waals surface area contributed by atoms with Crippen LogP contribution in [0.25, 0.3) is 0 Å². The number of quaternary nitrogens is 1. The van der Waals surface area contributed by atoms with E-state index in [0.29, 0.717) is 26.2 Å². The lowest BCUT2D eigenvalue weighted by Crippen LogP contribution is -3.19. The molecule has 1 aliphatic rings. The van der Waals surface area contributed by atoms with E-state index in [2.05, 4.69) is 10.2 Å². The third-order valence-electron chi connectivity index (χ3n) is 5.09. The Bertz CT molecular complexity index is 833. The van der Waals surface area contributed by atoms with Crippen LogP contribution in [0, 0.1) is 0 Å². The number of nitrogens with one attached hydrogen (secondary N) is 2. The lowest BCUT2D eigenvalue weighted by Gasteiger charge is -2.36. The Labute approximate surface area is 161 Å². The van der Waals surface area contributed by atoms with Crippen molar-refractivity contribution in [2.45, 2.75) is 19.1 Å². The number of piperazine rings is 1. The molecule has 1 aliphatic heterocycles. The summed E-state index contributed by atoms with van der Waals surface area (Å²) in [7, 11) is 0. The van der Waals surface area contributed by atoms with Crippen LogP contribution in [0.2, 0.25) is 0 Å². The topological polar surface area (TPSA) is 57.0 Å². The number of hydrogen-bond donors (Lipinski definition) is 3. The van der Waals surface area contributed by atoms with Gasteiger partial charge in [-0.15, -0.1) is 0 Å². The molecule has 0 radical (unpaired) electrons. The molecule has 0 aromatic heterocycles. The second-order valence-corrected chi connectivity index (χ2v) is 6.92. The molecule has 2 aromatic carbocycles. The van der Waals surface area contributed by atoms with E-state index in [0.717, 1.165) is 22.7 Å². The molecule has 0 saturated carbocycles. The van der Waals surface area contributed by atoms with E-state index in [1.54, 1.807) is 19.1 Å². The van der Waals surface area contributed by atoms with Crippen molar-refractivity contribution in [1.82, 2.24) is 0 Å². The number of phenols is 1. The van der Waals surface area contributed by atoms with E-state index < -0.39 is 17.8 Å². The van der Waals surface area contributed by atoms with Gasteiger partial charge in [-0.1, -0.05) is 18.2 Å². The van der Waals surface area contributed by atoms with E-state index in [4.69, 9.17) is 0 Å². The maximum atomic E-state index is 12.8. The number of halogens is 3. The van der Waals surface area contributed by atoms with Gasteiger partial charge in [0.15, 0.2) is 6.04 Å². The van der Waals surface area contributed by atoms with Gasteiger partial charge < -0.3 is 20.2 Å². The first kappa shape index (κ1) is 20.0. The van der Waals surface area contributed by atoms with E-state index >= 15 is 0 Å². The molecule has 28 heavy (non-hydrogen) atoms. The normalized spacial score (nSPS) is 16.6. The Morgan fingerprint density at radius 1 is 1.14 bits per heavy atom. The number of benzene rings is 2. The number of para-hydroxylation sites is 2. The number of aromatic hydroxyl groups is 1. The van der Waals surface area contributed by atoms with E-state index in [-0.39, 0.29) is 17.3 Å². The fraction of sp³-hybridized carbons (Fsp3) is 0.350. The molecule has 5 nitrogen and oxygen atoms in total. The van der Waals surface area contributed by atoms with Crippen LogP contribution < -0.4 is 15.1 Å². The van der Waals surface area contributed by atoms with Gasteiger partial charge in [0, 0.05) is 5.69 Å². The van der Waals surface area contributed by atoms with Crippen LogP contribution in [0.5, 0.6) is 5.75 Å². The second kappa shape index (κ2) is 8.10. The molecule has 0 aliphatic carbocycles. The smallest absolute Gasteiger partial charge is 0.416 e. The summed E-state index contributed by atoms with van der Waals surface area (Å²) in [6.07, 6.45) is -4.45. The zero-order valence-corrected chi connectivity index (χ0v) is 15.5. The number of carbonyl (C=O) groups excluding carboxylic acids is 1. The molecule has 1 heterocycles. The number of phenolic OH excluding ortho intramolecular Hbond substituents is 1. The van der Waals surface area contributed by atoms with Crippen molar-refractivity contribution in [3.63, 3.8) is 0 Å². The van der Waals surface area contributed by atoms with Crippen LogP contribution in [0.15, 0.2) is 48.5 Å². The quantitative estimate of drug-likeness (QED) is 0.745. The van der Waals surface area contributed by atoms with Gasteiger partial charge in [-0.3, -0.25) is 4.79 Å².